The predicted molar refractivity (Wildman–Crippen MR) is 367 cm³/mol. The summed E-state index contributed by atoms with van der Waals surface area (Å²) >= 11 is 0. The van der Waals surface area contributed by atoms with Gasteiger partial charge in [-0.05, 0) is 192 Å². The van der Waals surface area contributed by atoms with Crippen LogP contribution >= 0.6 is 0 Å². The molecule has 11 aromatic carbocycles. The van der Waals surface area contributed by atoms with Crippen molar-refractivity contribution in [1.82, 2.24) is 4.57 Å². The molecule has 418 valence electrons. The van der Waals surface area contributed by atoms with E-state index in [1.54, 1.807) is 0 Å². The van der Waals surface area contributed by atoms with Crippen molar-refractivity contribution in [2.75, 3.05) is 14.7 Å². The number of hydrogen-bond donors (Lipinski definition) is 0. The van der Waals surface area contributed by atoms with Crippen molar-refractivity contribution in [1.29, 1.82) is 0 Å². The summed E-state index contributed by atoms with van der Waals surface area (Å²) in [5.41, 5.74) is 32.1. The molecule has 86 heavy (non-hydrogen) atoms. The molecule has 2 aliphatic heterocycles. The van der Waals surface area contributed by atoms with Gasteiger partial charge in [-0.3, -0.25) is 0 Å². The Bertz CT molecular complexity index is 4810. The fourth-order valence-corrected chi connectivity index (χ4v) is 15.5. The van der Waals surface area contributed by atoms with E-state index in [1.165, 1.54) is 128 Å². The SMILES string of the molecule is Cc1cc2c3c(c1)N(c1ccc4c(c1)C(C)(C)c1ccccc1-4)c1cc(C(C)(C)C)ccc1B3c1ccc(N(c3ccc(C(C)(C)C)cc3)c3ccc4c5ccccc5n(-c5ccccc5)c4c3)cc1N2c1ccc2c(c1)C(C)(C)c1ccccc1-2. The number of aromatic nitrogens is 1. The van der Waals surface area contributed by atoms with Crippen molar-refractivity contribution in [3.05, 3.63) is 269 Å². The second-order valence-electron chi connectivity index (χ2n) is 27.9. The van der Waals surface area contributed by atoms with E-state index < -0.39 is 0 Å². The monoisotopic (exact) mass is 1110 g/mol. The first-order valence-corrected chi connectivity index (χ1v) is 30.9. The van der Waals surface area contributed by atoms with Crippen LogP contribution in [0.2, 0.25) is 0 Å². The van der Waals surface area contributed by atoms with Crippen LogP contribution in [0, 0.1) is 6.92 Å². The normalized spacial score (nSPS) is 14.8. The molecule has 16 rings (SSSR count). The fraction of sp³-hybridized carbons (Fsp3) is 0.185. The fourth-order valence-electron chi connectivity index (χ4n) is 15.5. The molecule has 0 N–H and O–H groups in total. The molecule has 4 nitrogen and oxygen atoms in total. The third-order valence-corrected chi connectivity index (χ3v) is 19.9. The van der Waals surface area contributed by atoms with Gasteiger partial charge in [0.05, 0.1) is 11.0 Å². The Morgan fingerprint density at radius 1 is 0.360 bits per heavy atom. The number of anilines is 9. The molecule has 12 aromatic rings. The van der Waals surface area contributed by atoms with E-state index in [0.29, 0.717) is 0 Å². The average molecular weight is 1110 g/mol. The van der Waals surface area contributed by atoms with Gasteiger partial charge < -0.3 is 19.3 Å². The van der Waals surface area contributed by atoms with Crippen LogP contribution in [0.5, 0.6) is 0 Å². The molecule has 0 spiro atoms. The van der Waals surface area contributed by atoms with E-state index in [4.69, 9.17) is 0 Å². The van der Waals surface area contributed by atoms with Gasteiger partial charge in [-0.2, -0.15) is 0 Å². The van der Waals surface area contributed by atoms with Gasteiger partial charge in [0, 0.05) is 78.5 Å². The van der Waals surface area contributed by atoms with Crippen LogP contribution in [0.1, 0.15) is 108 Å². The Morgan fingerprint density at radius 2 is 0.837 bits per heavy atom. The van der Waals surface area contributed by atoms with Crippen LogP contribution in [0.3, 0.4) is 0 Å². The topological polar surface area (TPSA) is 14.7 Å². The molecule has 4 aliphatic rings. The first-order chi connectivity index (χ1) is 41.3. The molecule has 0 amide bonds. The summed E-state index contributed by atoms with van der Waals surface area (Å²) in [6.07, 6.45) is 0. The molecule has 0 fully saturated rings. The maximum absolute atomic E-state index is 2.63. The third kappa shape index (κ3) is 7.62. The van der Waals surface area contributed by atoms with E-state index in [2.05, 4.69) is 326 Å². The summed E-state index contributed by atoms with van der Waals surface area (Å²) in [5, 5.41) is 2.47. The molecular weight excluding hydrogens is 1040 g/mol. The van der Waals surface area contributed by atoms with Crippen molar-refractivity contribution in [3.8, 4) is 27.9 Å². The summed E-state index contributed by atoms with van der Waals surface area (Å²) in [7, 11) is 0. The van der Waals surface area contributed by atoms with Crippen LogP contribution < -0.4 is 31.1 Å². The zero-order chi connectivity index (χ0) is 58.9. The van der Waals surface area contributed by atoms with Gasteiger partial charge in [-0.25, -0.2) is 0 Å². The van der Waals surface area contributed by atoms with E-state index in [0.717, 1.165) is 28.4 Å². The lowest BCUT2D eigenvalue weighted by Gasteiger charge is -2.45. The van der Waals surface area contributed by atoms with Crippen molar-refractivity contribution >= 4 is 96.1 Å². The number of benzene rings is 11. The lowest BCUT2D eigenvalue weighted by atomic mass is 9.33. The highest BCUT2D eigenvalue weighted by Crippen LogP contribution is 2.55. The molecule has 0 atom stereocenters. The average Bonchev–Trinajstić information content (AvgIpc) is 0.956. The first-order valence-electron chi connectivity index (χ1n) is 30.9. The minimum atomic E-state index is -0.199. The summed E-state index contributed by atoms with van der Waals surface area (Å²) in [4.78, 5) is 7.75. The summed E-state index contributed by atoms with van der Waals surface area (Å²) in [6, 6.07) is 88.5. The van der Waals surface area contributed by atoms with Gasteiger partial charge in [0.25, 0.3) is 6.71 Å². The van der Waals surface area contributed by atoms with E-state index >= 15 is 0 Å². The molecule has 1 aromatic heterocycles. The molecule has 5 heteroatoms. The number of aryl methyl sites for hydroxylation is 1. The summed E-state index contributed by atoms with van der Waals surface area (Å²) in [6.45, 7) is 25.8. The number of nitrogens with zero attached hydrogens (tertiary/aromatic N) is 4. The zero-order valence-corrected chi connectivity index (χ0v) is 51.3. The maximum Gasteiger partial charge on any atom is 0.252 e. The molecule has 0 bridgehead atoms. The Morgan fingerprint density at radius 3 is 1.44 bits per heavy atom. The Hall–Kier alpha value is -9.32. The highest BCUT2D eigenvalue weighted by atomic mass is 15.2. The van der Waals surface area contributed by atoms with E-state index in [9.17, 15) is 0 Å². The third-order valence-electron chi connectivity index (χ3n) is 19.9. The first kappa shape index (κ1) is 52.3. The van der Waals surface area contributed by atoms with E-state index in [1.807, 2.05) is 0 Å². The number of hydrogen-bond acceptors (Lipinski definition) is 3. The molecule has 0 saturated carbocycles. The molecular formula is C81H71BN4. The summed E-state index contributed by atoms with van der Waals surface area (Å²) in [5.74, 6) is 0. The van der Waals surface area contributed by atoms with Gasteiger partial charge in [0.15, 0.2) is 0 Å². The molecule has 0 saturated heterocycles. The van der Waals surface area contributed by atoms with E-state index in [-0.39, 0.29) is 28.4 Å². The highest BCUT2D eigenvalue weighted by Gasteiger charge is 2.46. The van der Waals surface area contributed by atoms with Crippen molar-refractivity contribution in [2.45, 2.75) is 97.8 Å². The van der Waals surface area contributed by atoms with Gasteiger partial charge in [-0.15, -0.1) is 0 Å². The Kier molecular flexibility index (Phi) is 11.1. The number of para-hydroxylation sites is 2. The van der Waals surface area contributed by atoms with Gasteiger partial charge in [-0.1, -0.05) is 203 Å². The van der Waals surface area contributed by atoms with Gasteiger partial charge in [0.2, 0.25) is 0 Å². The van der Waals surface area contributed by atoms with Crippen LogP contribution in [-0.2, 0) is 21.7 Å². The lowest BCUT2D eigenvalue weighted by Crippen LogP contribution is -2.61. The standard InChI is InChI=1S/C81H71BN4/c1-50-43-75-77-76(44-50)86(56-35-39-62-60-24-16-19-27-66(60)81(10,11)68(62)47-56)74-49-58(83(54-32-29-51(30-33-54)78(2,3)4)57-36-40-64-63-25-17-20-28-71(63)84(72(64)48-57)53-21-13-12-14-22-53)37-42-70(74)82(77)69-41-31-52(79(5,6)7)45-73(69)85(75)55-34-38-61-59-23-15-18-26-65(59)80(8,9)67(61)46-55/h12-49H,1-11H3. The molecule has 0 radical (unpaired) electrons. The largest absolute Gasteiger partial charge is 0.311 e. The van der Waals surface area contributed by atoms with Gasteiger partial charge in [0.1, 0.15) is 0 Å². The lowest BCUT2D eigenvalue weighted by molar-refractivity contribution is 0.590. The quantitative estimate of drug-likeness (QED) is 0.154. The maximum atomic E-state index is 2.63. The van der Waals surface area contributed by atoms with Crippen LogP contribution in [0.4, 0.5) is 51.2 Å². The second kappa shape index (κ2) is 18.3. The Labute approximate surface area is 507 Å². The molecule has 0 unspecified atom stereocenters. The smallest absolute Gasteiger partial charge is 0.252 e. The van der Waals surface area contributed by atoms with Crippen molar-refractivity contribution < 1.29 is 0 Å². The molecule has 3 heterocycles. The van der Waals surface area contributed by atoms with Crippen LogP contribution in [0.25, 0.3) is 49.7 Å². The van der Waals surface area contributed by atoms with Gasteiger partial charge >= 0.3 is 0 Å². The second-order valence-corrected chi connectivity index (χ2v) is 27.9. The zero-order valence-electron chi connectivity index (χ0n) is 51.3. The van der Waals surface area contributed by atoms with Crippen LogP contribution in [0.15, 0.2) is 231 Å². The highest BCUT2D eigenvalue weighted by molar-refractivity contribution is 7.00. The number of rotatable bonds is 6. The predicted octanol–water partition coefficient (Wildman–Crippen LogP) is 19.9. The molecule has 2 aliphatic carbocycles. The number of fused-ring (bicyclic) bond motifs is 13. The van der Waals surface area contributed by atoms with Crippen LogP contribution in [-0.4, -0.2) is 11.3 Å². The van der Waals surface area contributed by atoms with Crippen molar-refractivity contribution in [2.24, 2.45) is 0 Å². The van der Waals surface area contributed by atoms with Crippen molar-refractivity contribution in [3.63, 3.8) is 0 Å². The Balaban J connectivity index is 0.960. The summed E-state index contributed by atoms with van der Waals surface area (Å²) < 4.78 is 2.44. The minimum absolute atomic E-state index is 0.0100. The minimum Gasteiger partial charge on any atom is -0.311 e.